The number of hydrogen-bond donors (Lipinski definition) is 2. The molecule has 0 aromatic rings. The van der Waals surface area contributed by atoms with E-state index in [1.807, 2.05) is 0 Å². The predicted octanol–water partition coefficient (Wildman–Crippen LogP) is 2.55. The number of aliphatic hydroxyl groups excluding tert-OH is 2. The van der Waals surface area contributed by atoms with Gasteiger partial charge in [0, 0.05) is 12.5 Å². The van der Waals surface area contributed by atoms with Crippen molar-refractivity contribution in [3.63, 3.8) is 0 Å². The predicted molar refractivity (Wildman–Crippen MR) is 81.1 cm³/mol. The van der Waals surface area contributed by atoms with Crippen molar-refractivity contribution in [1.29, 1.82) is 0 Å². The average molecular weight is 372 g/mol. The Kier molecular flexibility index (Phi) is 5.09. The lowest BCUT2D eigenvalue weighted by Gasteiger charge is -2.40. The van der Waals surface area contributed by atoms with Gasteiger partial charge in [0.05, 0.1) is 16.1 Å². The van der Waals surface area contributed by atoms with Gasteiger partial charge in [0.1, 0.15) is 0 Å². The van der Waals surface area contributed by atoms with Crippen molar-refractivity contribution in [2.24, 2.45) is 5.92 Å². The molecule has 5 heteroatoms. The maximum Gasteiger partial charge on any atom is 0.192 e. The van der Waals surface area contributed by atoms with Crippen LogP contribution in [0.15, 0.2) is 0 Å². The van der Waals surface area contributed by atoms with E-state index in [9.17, 15) is 10.2 Å². The van der Waals surface area contributed by atoms with Gasteiger partial charge in [-0.2, -0.15) is 0 Å². The topological polar surface area (TPSA) is 49.7 Å². The van der Waals surface area contributed by atoms with E-state index in [4.69, 9.17) is 4.43 Å². The van der Waals surface area contributed by atoms with E-state index in [-0.39, 0.29) is 33.7 Å². The first-order valence-electron chi connectivity index (χ1n) is 6.21. The lowest BCUT2D eigenvalue weighted by molar-refractivity contribution is 0.103. The number of alkyl halides is 1. The number of halogens is 1. The highest BCUT2D eigenvalue weighted by Crippen LogP contribution is 2.42. The third-order valence-electron chi connectivity index (χ3n) is 4.16. The number of hydrogen-bond acceptors (Lipinski definition) is 3. The van der Waals surface area contributed by atoms with Crippen molar-refractivity contribution in [2.75, 3.05) is 6.61 Å². The highest BCUT2D eigenvalue weighted by Gasteiger charge is 2.47. The molecule has 1 saturated carbocycles. The molecule has 0 heterocycles. The molecule has 102 valence electrons. The van der Waals surface area contributed by atoms with Gasteiger partial charge in [0.2, 0.25) is 0 Å². The molecule has 0 bridgehead atoms. The third kappa shape index (κ3) is 3.43. The lowest BCUT2D eigenvalue weighted by Crippen LogP contribution is -2.47. The number of rotatable bonds is 3. The molecule has 0 amide bonds. The summed E-state index contributed by atoms with van der Waals surface area (Å²) in [6, 6.07) is 0. The average Bonchev–Trinajstić information content (AvgIpc) is 2.43. The monoisotopic (exact) mass is 372 g/mol. The van der Waals surface area contributed by atoms with Crippen molar-refractivity contribution >= 4 is 30.9 Å². The summed E-state index contributed by atoms with van der Waals surface area (Å²) in [5.41, 5.74) is 0. The Morgan fingerprint density at radius 1 is 1.35 bits per heavy atom. The minimum absolute atomic E-state index is 0.00325. The molecule has 0 spiro atoms. The summed E-state index contributed by atoms with van der Waals surface area (Å²) in [5, 5.41) is 19.4. The van der Waals surface area contributed by atoms with Crippen LogP contribution >= 0.6 is 22.6 Å². The SMILES string of the molecule is CC(C)(C)[Si](C)(C)O[C@H]1C(I)[C@H](O)C[C@@H]1CO. The zero-order valence-electron chi connectivity index (χ0n) is 11.4. The van der Waals surface area contributed by atoms with Gasteiger partial charge in [-0.1, -0.05) is 43.4 Å². The molecule has 0 aromatic carbocycles. The van der Waals surface area contributed by atoms with Crippen LogP contribution in [0.1, 0.15) is 27.2 Å². The second kappa shape index (κ2) is 5.44. The first-order valence-corrected chi connectivity index (χ1v) is 10.4. The molecule has 1 unspecified atom stereocenters. The zero-order chi connectivity index (χ0) is 13.4. The Hall–Kier alpha value is 0.827. The first-order chi connectivity index (χ1) is 7.60. The summed E-state index contributed by atoms with van der Waals surface area (Å²) in [5.74, 6) is 0.0843. The summed E-state index contributed by atoms with van der Waals surface area (Å²) in [6.45, 7) is 11.2. The second-order valence-electron chi connectivity index (χ2n) is 6.53. The molecule has 2 N–H and O–H groups in total. The Labute approximate surface area is 119 Å². The summed E-state index contributed by atoms with van der Waals surface area (Å²) in [7, 11) is -1.83. The molecule has 1 rings (SSSR count). The Bertz CT molecular complexity index is 265. The summed E-state index contributed by atoms with van der Waals surface area (Å²) in [6.07, 6.45) is 0.308. The van der Waals surface area contributed by atoms with Crippen LogP contribution in [0.25, 0.3) is 0 Å². The Morgan fingerprint density at radius 3 is 2.29 bits per heavy atom. The molecule has 17 heavy (non-hydrogen) atoms. The largest absolute Gasteiger partial charge is 0.412 e. The molecular weight excluding hydrogens is 347 g/mol. The van der Waals surface area contributed by atoms with Crippen molar-refractivity contribution in [2.45, 2.75) is 61.5 Å². The minimum atomic E-state index is -1.83. The van der Waals surface area contributed by atoms with Crippen molar-refractivity contribution in [3.05, 3.63) is 0 Å². The Morgan fingerprint density at radius 2 is 1.88 bits per heavy atom. The van der Waals surface area contributed by atoms with Crippen LogP contribution in [0, 0.1) is 5.92 Å². The van der Waals surface area contributed by atoms with E-state index in [0.29, 0.717) is 6.42 Å². The van der Waals surface area contributed by atoms with Crippen molar-refractivity contribution < 1.29 is 14.6 Å². The van der Waals surface area contributed by atoms with Crippen LogP contribution in [-0.4, -0.2) is 41.3 Å². The van der Waals surface area contributed by atoms with Gasteiger partial charge in [-0.3, -0.25) is 0 Å². The van der Waals surface area contributed by atoms with E-state index in [0.717, 1.165) is 0 Å². The van der Waals surface area contributed by atoms with E-state index in [2.05, 4.69) is 56.5 Å². The van der Waals surface area contributed by atoms with Gasteiger partial charge in [0.15, 0.2) is 8.32 Å². The molecule has 0 saturated heterocycles. The molecule has 0 aliphatic heterocycles. The lowest BCUT2D eigenvalue weighted by atomic mass is 10.1. The van der Waals surface area contributed by atoms with E-state index >= 15 is 0 Å². The standard InChI is InChI=1S/C12H25IO3Si/c1-12(2,3)17(4,5)16-11-8(7-14)6-9(15)10(11)13/h8-11,14-15H,6-7H2,1-5H3/t8-,9-,10?,11-/m1/s1. The third-order valence-corrected chi connectivity index (χ3v) is 10.2. The van der Waals surface area contributed by atoms with Crippen molar-refractivity contribution in [1.82, 2.24) is 0 Å². The summed E-state index contributed by atoms with van der Waals surface area (Å²) >= 11 is 2.26. The van der Waals surface area contributed by atoms with E-state index < -0.39 is 8.32 Å². The second-order valence-corrected chi connectivity index (χ2v) is 12.7. The zero-order valence-corrected chi connectivity index (χ0v) is 14.6. The molecule has 3 nitrogen and oxygen atoms in total. The smallest absolute Gasteiger partial charge is 0.192 e. The van der Waals surface area contributed by atoms with E-state index in [1.54, 1.807) is 0 Å². The van der Waals surface area contributed by atoms with Crippen LogP contribution in [0.4, 0.5) is 0 Å². The molecule has 4 atom stereocenters. The normalized spacial score (nSPS) is 35.3. The van der Waals surface area contributed by atoms with Gasteiger partial charge in [-0.15, -0.1) is 0 Å². The van der Waals surface area contributed by atoms with Crippen LogP contribution in [0.5, 0.6) is 0 Å². The molecule has 0 aromatic heterocycles. The van der Waals surface area contributed by atoms with Crippen LogP contribution in [0.3, 0.4) is 0 Å². The molecule has 1 fully saturated rings. The quantitative estimate of drug-likeness (QED) is 0.455. The van der Waals surface area contributed by atoms with Gasteiger partial charge in [-0.25, -0.2) is 0 Å². The van der Waals surface area contributed by atoms with Crippen LogP contribution in [-0.2, 0) is 4.43 Å². The summed E-state index contributed by atoms with van der Waals surface area (Å²) < 4.78 is 6.46. The fraction of sp³-hybridized carbons (Fsp3) is 1.00. The maximum atomic E-state index is 9.89. The molecule has 0 radical (unpaired) electrons. The maximum absolute atomic E-state index is 9.89. The highest BCUT2D eigenvalue weighted by atomic mass is 127. The fourth-order valence-corrected chi connectivity index (χ4v) is 4.59. The van der Waals surface area contributed by atoms with Crippen LogP contribution < -0.4 is 0 Å². The van der Waals surface area contributed by atoms with E-state index in [1.165, 1.54) is 0 Å². The molecular formula is C12H25IO3Si. The van der Waals surface area contributed by atoms with Gasteiger partial charge in [0.25, 0.3) is 0 Å². The molecule has 1 aliphatic carbocycles. The van der Waals surface area contributed by atoms with Crippen LogP contribution in [0.2, 0.25) is 18.1 Å². The van der Waals surface area contributed by atoms with Gasteiger partial charge >= 0.3 is 0 Å². The first kappa shape index (κ1) is 15.9. The number of aliphatic hydroxyl groups is 2. The highest BCUT2D eigenvalue weighted by molar-refractivity contribution is 14.1. The molecule has 1 aliphatic rings. The fourth-order valence-electron chi connectivity index (χ4n) is 1.91. The van der Waals surface area contributed by atoms with Crippen molar-refractivity contribution in [3.8, 4) is 0 Å². The van der Waals surface area contributed by atoms with Gasteiger partial charge in [-0.05, 0) is 24.6 Å². The Balaban J connectivity index is 2.79. The van der Waals surface area contributed by atoms with Gasteiger partial charge < -0.3 is 14.6 Å². The summed E-state index contributed by atoms with van der Waals surface area (Å²) in [4.78, 5) is 0. The minimum Gasteiger partial charge on any atom is -0.412 e.